The molecule has 78 valence electrons. The summed E-state index contributed by atoms with van der Waals surface area (Å²) in [5.41, 5.74) is 6.28. The molecule has 0 aromatic carbocycles. The second kappa shape index (κ2) is 5.14. The molecule has 0 bridgehead atoms. The number of aliphatic hydroxyl groups excluding tert-OH is 1. The first-order valence-electron chi connectivity index (χ1n) is 4.24. The molecular formula is C9H13ClN2O2. The van der Waals surface area contributed by atoms with Crippen molar-refractivity contribution in [3.8, 4) is 5.88 Å². The summed E-state index contributed by atoms with van der Waals surface area (Å²) in [4.78, 5) is 3.98. The average Bonchev–Trinajstić information content (AvgIpc) is 2.21. The van der Waals surface area contributed by atoms with E-state index in [4.69, 9.17) is 27.2 Å². The van der Waals surface area contributed by atoms with Crippen molar-refractivity contribution in [1.82, 2.24) is 4.98 Å². The number of ether oxygens (including phenoxy) is 1. The average molecular weight is 217 g/mol. The Balaban J connectivity index is 3.06. The van der Waals surface area contributed by atoms with Gasteiger partial charge in [-0.2, -0.15) is 0 Å². The maximum absolute atomic E-state index is 9.07. The normalized spacial score (nSPS) is 12.6. The van der Waals surface area contributed by atoms with E-state index in [1.807, 2.05) is 0 Å². The lowest BCUT2D eigenvalue weighted by Crippen LogP contribution is -2.17. The molecule has 0 aliphatic carbocycles. The van der Waals surface area contributed by atoms with E-state index < -0.39 is 0 Å². The van der Waals surface area contributed by atoms with Crippen molar-refractivity contribution in [2.45, 2.75) is 5.92 Å². The zero-order chi connectivity index (χ0) is 10.6. The molecule has 0 saturated carbocycles. The van der Waals surface area contributed by atoms with E-state index in [-0.39, 0.29) is 12.5 Å². The van der Waals surface area contributed by atoms with E-state index in [2.05, 4.69) is 4.98 Å². The summed E-state index contributed by atoms with van der Waals surface area (Å²) >= 11 is 5.70. The van der Waals surface area contributed by atoms with Gasteiger partial charge >= 0.3 is 0 Å². The van der Waals surface area contributed by atoms with Gasteiger partial charge in [-0.3, -0.25) is 0 Å². The molecule has 4 nitrogen and oxygen atoms in total. The van der Waals surface area contributed by atoms with Crippen molar-refractivity contribution in [3.63, 3.8) is 0 Å². The van der Waals surface area contributed by atoms with Crippen molar-refractivity contribution in [3.05, 3.63) is 22.8 Å². The van der Waals surface area contributed by atoms with Crippen LogP contribution in [0.3, 0.4) is 0 Å². The van der Waals surface area contributed by atoms with Crippen LogP contribution < -0.4 is 10.5 Å². The highest BCUT2D eigenvalue weighted by atomic mass is 35.5. The molecule has 0 spiro atoms. The highest BCUT2D eigenvalue weighted by Gasteiger charge is 2.15. The minimum Gasteiger partial charge on any atom is -0.481 e. The Morgan fingerprint density at radius 3 is 2.86 bits per heavy atom. The molecule has 1 atom stereocenters. The van der Waals surface area contributed by atoms with E-state index in [0.717, 1.165) is 5.56 Å². The summed E-state index contributed by atoms with van der Waals surface area (Å²) in [6, 6.07) is 3.42. The van der Waals surface area contributed by atoms with Crippen LogP contribution in [0.25, 0.3) is 0 Å². The number of methoxy groups -OCH3 is 1. The molecule has 1 aromatic heterocycles. The van der Waals surface area contributed by atoms with Gasteiger partial charge in [0.1, 0.15) is 5.15 Å². The number of rotatable bonds is 4. The van der Waals surface area contributed by atoms with Gasteiger partial charge in [-0.15, -0.1) is 0 Å². The second-order valence-electron chi connectivity index (χ2n) is 2.85. The van der Waals surface area contributed by atoms with Gasteiger partial charge in [-0.05, 0) is 6.07 Å². The monoisotopic (exact) mass is 216 g/mol. The Labute approximate surface area is 87.7 Å². The molecule has 1 aromatic rings. The standard InChI is InChI=1S/C9H13ClN2O2/c1-14-9-7(6(4-11)5-13)2-3-8(10)12-9/h2-3,6,13H,4-5,11H2,1H3. The number of hydrogen-bond donors (Lipinski definition) is 2. The van der Waals surface area contributed by atoms with E-state index >= 15 is 0 Å². The molecule has 0 amide bonds. The number of aliphatic hydroxyl groups is 1. The summed E-state index contributed by atoms with van der Waals surface area (Å²) in [7, 11) is 1.51. The van der Waals surface area contributed by atoms with Crippen LogP contribution in [-0.2, 0) is 0 Å². The fraction of sp³-hybridized carbons (Fsp3) is 0.444. The molecule has 0 radical (unpaired) electrons. The molecule has 1 unspecified atom stereocenters. The number of nitrogens with zero attached hydrogens (tertiary/aromatic N) is 1. The lowest BCUT2D eigenvalue weighted by Gasteiger charge is -2.14. The van der Waals surface area contributed by atoms with Crippen LogP contribution in [0, 0.1) is 0 Å². The van der Waals surface area contributed by atoms with Crippen molar-refractivity contribution < 1.29 is 9.84 Å². The molecule has 1 heterocycles. The van der Waals surface area contributed by atoms with E-state index in [1.54, 1.807) is 12.1 Å². The van der Waals surface area contributed by atoms with Crippen molar-refractivity contribution in [2.75, 3.05) is 20.3 Å². The van der Waals surface area contributed by atoms with Crippen molar-refractivity contribution in [2.24, 2.45) is 5.73 Å². The number of hydrogen-bond acceptors (Lipinski definition) is 4. The number of nitrogens with two attached hydrogens (primary N) is 1. The Kier molecular flexibility index (Phi) is 4.13. The van der Waals surface area contributed by atoms with Gasteiger partial charge in [-0.25, -0.2) is 4.98 Å². The first-order valence-corrected chi connectivity index (χ1v) is 4.62. The summed E-state index contributed by atoms with van der Waals surface area (Å²) in [6.45, 7) is 0.312. The van der Waals surface area contributed by atoms with Gasteiger partial charge in [0.25, 0.3) is 0 Å². The van der Waals surface area contributed by atoms with Gasteiger partial charge in [0.15, 0.2) is 0 Å². The Morgan fingerprint density at radius 2 is 2.36 bits per heavy atom. The number of pyridine rings is 1. The highest BCUT2D eigenvalue weighted by molar-refractivity contribution is 6.29. The van der Waals surface area contributed by atoms with Gasteiger partial charge < -0.3 is 15.6 Å². The van der Waals surface area contributed by atoms with Gasteiger partial charge in [0.05, 0.1) is 13.7 Å². The zero-order valence-corrected chi connectivity index (χ0v) is 8.66. The van der Waals surface area contributed by atoms with Gasteiger partial charge in [-0.1, -0.05) is 17.7 Å². The molecule has 5 heteroatoms. The highest BCUT2D eigenvalue weighted by Crippen LogP contribution is 2.25. The third kappa shape index (κ3) is 2.35. The number of aromatic nitrogens is 1. The minimum absolute atomic E-state index is 0.0316. The largest absolute Gasteiger partial charge is 0.481 e. The molecule has 14 heavy (non-hydrogen) atoms. The maximum atomic E-state index is 9.07. The van der Waals surface area contributed by atoms with E-state index in [0.29, 0.717) is 17.6 Å². The van der Waals surface area contributed by atoms with Gasteiger partial charge in [0, 0.05) is 18.0 Å². The summed E-state index contributed by atoms with van der Waals surface area (Å²) in [5, 5.41) is 9.43. The van der Waals surface area contributed by atoms with Crippen LogP contribution in [0.15, 0.2) is 12.1 Å². The van der Waals surface area contributed by atoms with Gasteiger partial charge in [0.2, 0.25) is 5.88 Å². The lowest BCUT2D eigenvalue weighted by atomic mass is 10.0. The molecular weight excluding hydrogens is 204 g/mol. The number of halogens is 1. The van der Waals surface area contributed by atoms with E-state index in [9.17, 15) is 0 Å². The first kappa shape index (κ1) is 11.2. The van der Waals surface area contributed by atoms with Crippen LogP contribution in [0.5, 0.6) is 5.88 Å². The SMILES string of the molecule is COc1nc(Cl)ccc1C(CN)CO. The smallest absolute Gasteiger partial charge is 0.218 e. The molecule has 0 aliphatic rings. The van der Waals surface area contributed by atoms with E-state index in [1.165, 1.54) is 7.11 Å². The molecule has 3 N–H and O–H groups in total. The quantitative estimate of drug-likeness (QED) is 0.730. The van der Waals surface area contributed by atoms with Crippen molar-refractivity contribution in [1.29, 1.82) is 0 Å². The fourth-order valence-corrected chi connectivity index (χ4v) is 1.34. The predicted octanol–water partition coefficient (Wildman–Crippen LogP) is 0.778. The third-order valence-corrected chi connectivity index (χ3v) is 2.20. The minimum atomic E-state index is -0.158. The zero-order valence-electron chi connectivity index (χ0n) is 7.90. The Hall–Kier alpha value is -0.840. The lowest BCUT2D eigenvalue weighted by molar-refractivity contribution is 0.263. The maximum Gasteiger partial charge on any atom is 0.218 e. The summed E-state index contributed by atoms with van der Waals surface area (Å²) < 4.78 is 5.05. The van der Waals surface area contributed by atoms with Crippen LogP contribution in [0.2, 0.25) is 5.15 Å². The van der Waals surface area contributed by atoms with Crippen LogP contribution in [-0.4, -0.2) is 30.4 Å². The molecule has 1 rings (SSSR count). The second-order valence-corrected chi connectivity index (χ2v) is 3.23. The Bertz CT molecular complexity index is 303. The first-order chi connectivity index (χ1) is 6.72. The Morgan fingerprint density at radius 1 is 1.64 bits per heavy atom. The van der Waals surface area contributed by atoms with Crippen LogP contribution >= 0.6 is 11.6 Å². The topological polar surface area (TPSA) is 68.4 Å². The third-order valence-electron chi connectivity index (χ3n) is 1.99. The van der Waals surface area contributed by atoms with Crippen LogP contribution in [0.1, 0.15) is 11.5 Å². The molecule has 0 fully saturated rings. The fourth-order valence-electron chi connectivity index (χ4n) is 1.20. The molecule has 0 saturated heterocycles. The summed E-state index contributed by atoms with van der Waals surface area (Å²) in [6.07, 6.45) is 0. The summed E-state index contributed by atoms with van der Waals surface area (Å²) in [5.74, 6) is 0.261. The molecule has 0 aliphatic heterocycles. The predicted molar refractivity (Wildman–Crippen MR) is 54.7 cm³/mol. The van der Waals surface area contributed by atoms with Crippen LogP contribution in [0.4, 0.5) is 0 Å². The van der Waals surface area contributed by atoms with Crippen molar-refractivity contribution >= 4 is 11.6 Å².